The predicted molar refractivity (Wildman–Crippen MR) is 99.6 cm³/mol. The standard InChI is InChI=1S/C22H21NO5/c24-17-6-5-15-21(25)20(11-14-4-7-18-19(10-14)27-13-26-18)28-22(15)16(17)12-23-8-2-1-3-9-23/h4-7,10-11,24H,1-3,8-9,12-13H2/b20-11-. The number of benzene rings is 2. The molecule has 0 bridgehead atoms. The number of hydrogen-bond acceptors (Lipinski definition) is 5. The summed E-state index contributed by atoms with van der Waals surface area (Å²) in [5.74, 6) is 1.74. The van der Waals surface area contributed by atoms with Crippen molar-refractivity contribution in [2.45, 2.75) is 25.8 Å². The first-order chi connectivity index (χ1) is 13.7. The van der Waals surface area contributed by atoms with Crippen LogP contribution in [0.1, 0.15) is 40.7 Å². The van der Waals surface area contributed by atoms with Gasteiger partial charge in [0.15, 0.2) is 17.3 Å². The summed E-state index contributed by atoms with van der Waals surface area (Å²) in [7, 11) is 0. The van der Waals surface area contributed by atoms with Gasteiger partial charge in [0.25, 0.3) is 0 Å². The van der Waals surface area contributed by atoms with E-state index in [1.54, 1.807) is 12.1 Å². The Morgan fingerprint density at radius 1 is 1.04 bits per heavy atom. The van der Waals surface area contributed by atoms with Gasteiger partial charge < -0.3 is 24.2 Å². The summed E-state index contributed by atoms with van der Waals surface area (Å²) in [5, 5.41) is 12.5. The van der Waals surface area contributed by atoms with Gasteiger partial charge in [0.2, 0.25) is 12.6 Å². The second kappa shape index (κ2) is 6.87. The largest absolute Gasteiger partial charge is 0.872 e. The molecule has 0 radical (unpaired) electrons. The predicted octanol–water partition coefficient (Wildman–Crippen LogP) is 1.67. The Labute approximate surface area is 162 Å². The SMILES string of the molecule is O=C1/C(=C/c2ccc3c(c2)OCO3)Oc2c1ccc([O-])c2C[NH+]1CCCCC1. The third-order valence-electron chi connectivity index (χ3n) is 5.58. The first-order valence-electron chi connectivity index (χ1n) is 9.69. The summed E-state index contributed by atoms with van der Waals surface area (Å²) in [5.41, 5.74) is 1.86. The number of nitrogens with one attached hydrogen (secondary N) is 1. The van der Waals surface area contributed by atoms with Crippen molar-refractivity contribution in [1.82, 2.24) is 0 Å². The highest BCUT2D eigenvalue weighted by Crippen LogP contribution is 2.39. The second-order valence-electron chi connectivity index (χ2n) is 7.46. The maximum atomic E-state index is 12.8. The molecule has 2 aromatic rings. The normalized spacial score (nSPS) is 19.7. The molecule has 0 spiro atoms. The summed E-state index contributed by atoms with van der Waals surface area (Å²) in [6, 6.07) is 8.53. The molecule has 1 saturated heterocycles. The van der Waals surface area contributed by atoms with Gasteiger partial charge in [0.05, 0.1) is 18.7 Å². The van der Waals surface area contributed by atoms with Crippen LogP contribution in [0.15, 0.2) is 36.1 Å². The van der Waals surface area contributed by atoms with E-state index in [2.05, 4.69) is 0 Å². The number of fused-ring (bicyclic) bond motifs is 2. The lowest BCUT2D eigenvalue weighted by molar-refractivity contribution is -0.918. The molecule has 2 aromatic carbocycles. The van der Waals surface area contributed by atoms with Crippen molar-refractivity contribution in [3.63, 3.8) is 0 Å². The number of ether oxygens (including phenoxy) is 3. The fourth-order valence-electron chi connectivity index (χ4n) is 4.09. The Bertz CT molecular complexity index is 975. The highest BCUT2D eigenvalue weighted by atomic mass is 16.7. The fourth-order valence-corrected chi connectivity index (χ4v) is 4.09. The van der Waals surface area contributed by atoms with Crippen LogP contribution in [0.2, 0.25) is 0 Å². The zero-order valence-corrected chi connectivity index (χ0v) is 15.5. The number of likely N-dealkylation sites (tertiary alicyclic amines) is 1. The highest BCUT2D eigenvalue weighted by Gasteiger charge is 2.31. The van der Waals surface area contributed by atoms with Crippen LogP contribution in [0.5, 0.6) is 23.0 Å². The summed E-state index contributed by atoms with van der Waals surface area (Å²) < 4.78 is 16.6. The number of Topliss-reactive ketones (excluding diaryl/α,β-unsaturated/α-hetero) is 1. The summed E-state index contributed by atoms with van der Waals surface area (Å²) >= 11 is 0. The van der Waals surface area contributed by atoms with Gasteiger partial charge in [-0.05, 0) is 49.1 Å². The minimum absolute atomic E-state index is 0.0612. The lowest BCUT2D eigenvalue weighted by Gasteiger charge is -2.26. The molecule has 3 aliphatic rings. The van der Waals surface area contributed by atoms with Crippen LogP contribution < -0.4 is 24.2 Å². The van der Waals surface area contributed by atoms with Crippen LogP contribution in [-0.4, -0.2) is 25.7 Å². The van der Waals surface area contributed by atoms with E-state index in [1.165, 1.54) is 30.2 Å². The molecular weight excluding hydrogens is 358 g/mol. The number of quaternary nitrogens is 1. The van der Waals surface area contributed by atoms with Gasteiger partial charge in [-0.15, -0.1) is 0 Å². The van der Waals surface area contributed by atoms with Crippen molar-refractivity contribution < 1.29 is 29.0 Å². The zero-order valence-electron chi connectivity index (χ0n) is 15.5. The van der Waals surface area contributed by atoms with E-state index in [9.17, 15) is 9.90 Å². The van der Waals surface area contributed by atoms with Gasteiger partial charge in [0, 0.05) is 5.56 Å². The molecule has 0 unspecified atom stereocenters. The lowest BCUT2D eigenvalue weighted by Crippen LogP contribution is -3.11. The Hall–Kier alpha value is -2.99. The maximum Gasteiger partial charge on any atom is 0.231 e. The number of carbonyl (C=O) groups excluding carboxylic acids is 1. The summed E-state index contributed by atoms with van der Waals surface area (Å²) in [6.45, 7) is 2.91. The number of rotatable bonds is 3. The Morgan fingerprint density at radius 3 is 2.71 bits per heavy atom. The molecule has 1 N–H and O–H groups in total. The van der Waals surface area contributed by atoms with Crippen LogP contribution in [0.3, 0.4) is 0 Å². The van der Waals surface area contributed by atoms with E-state index in [-0.39, 0.29) is 24.1 Å². The number of hydrogen-bond donors (Lipinski definition) is 1. The Kier molecular flexibility index (Phi) is 4.20. The summed E-state index contributed by atoms with van der Waals surface area (Å²) in [4.78, 5) is 14.2. The number of allylic oxidation sites excluding steroid dienone is 1. The smallest absolute Gasteiger partial charge is 0.231 e. The van der Waals surface area contributed by atoms with Crippen molar-refractivity contribution in [3.8, 4) is 23.0 Å². The first-order valence-corrected chi connectivity index (χ1v) is 9.69. The monoisotopic (exact) mass is 379 g/mol. The molecule has 0 saturated carbocycles. The maximum absolute atomic E-state index is 12.8. The zero-order chi connectivity index (χ0) is 19.1. The van der Waals surface area contributed by atoms with E-state index >= 15 is 0 Å². The van der Waals surface area contributed by atoms with E-state index in [1.807, 2.05) is 18.2 Å². The van der Waals surface area contributed by atoms with Crippen LogP contribution in [0.4, 0.5) is 0 Å². The lowest BCUT2D eigenvalue weighted by atomic mass is 10.0. The van der Waals surface area contributed by atoms with Crippen molar-refractivity contribution in [2.24, 2.45) is 0 Å². The molecule has 0 amide bonds. The van der Waals surface area contributed by atoms with Crippen LogP contribution >= 0.6 is 0 Å². The number of carbonyl (C=O) groups is 1. The second-order valence-corrected chi connectivity index (χ2v) is 7.46. The molecule has 28 heavy (non-hydrogen) atoms. The van der Waals surface area contributed by atoms with Crippen LogP contribution in [0, 0.1) is 0 Å². The van der Waals surface area contributed by atoms with Gasteiger partial charge in [-0.25, -0.2) is 0 Å². The molecule has 0 aromatic heterocycles. The van der Waals surface area contributed by atoms with Gasteiger partial charge >= 0.3 is 0 Å². The highest BCUT2D eigenvalue weighted by molar-refractivity contribution is 6.15. The molecule has 1 fully saturated rings. The summed E-state index contributed by atoms with van der Waals surface area (Å²) in [6.07, 6.45) is 5.28. The number of piperidine rings is 1. The van der Waals surface area contributed by atoms with E-state index in [0.29, 0.717) is 34.9 Å². The molecule has 6 nitrogen and oxygen atoms in total. The first kappa shape index (κ1) is 17.1. The molecule has 6 heteroatoms. The molecule has 5 rings (SSSR count). The topological polar surface area (TPSA) is 72.3 Å². The van der Waals surface area contributed by atoms with Gasteiger partial charge in [-0.3, -0.25) is 4.79 Å². The molecular formula is C22H21NO5. The Balaban J connectivity index is 1.45. The van der Waals surface area contributed by atoms with E-state index < -0.39 is 0 Å². The van der Waals surface area contributed by atoms with Crippen LogP contribution in [0.25, 0.3) is 6.08 Å². The van der Waals surface area contributed by atoms with Gasteiger partial charge in [-0.1, -0.05) is 17.9 Å². The fraction of sp³-hybridized carbons (Fsp3) is 0.318. The number of ketones is 1. The van der Waals surface area contributed by atoms with Gasteiger partial charge in [-0.2, -0.15) is 0 Å². The van der Waals surface area contributed by atoms with Crippen molar-refractivity contribution >= 4 is 11.9 Å². The van der Waals surface area contributed by atoms with Gasteiger partial charge in [0.1, 0.15) is 12.3 Å². The minimum atomic E-state index is -0.192. The third kappa shape index (κ3) is 2.99. The van der Waals surface area contributed by atoms with E-state index in [4.69, 9.17) is 14.2 Å². The van der Waals surface area contributed by atoms with Crippen molar-refractivity contribution in [2.75, 3.05) is 19.9 Å². The molecule has 3 aliphatic heterocycles. The van der Waals surface area contributed by atoms with Crippen molar-refractivity contribution in [1.29, 1.82) is 0 Å². The molecule has 144 valence electrons. The van der Waals surface area contributed by atoms with Crippen molar-refractivity contribution in [3.05, 3.63) is 52.8 Å². The third-order valence-corrected chi connectivity index (χ3v) is 5.58. The quantitative estimate of drug-likeness (QED) is 0.822. The molecule has 0 atom stereocenters. The van der Waals surface area contributed by atoms with Crippen LogP contribution in [-0.2, 0) is 6.54 Å². The Morgan fingerprint density at radius 2 is 1.86 bits per heavy atom. The minimum Gasteiger partial charge on any atom is -0.872 e. The average Bonchev–Trinajstić information content (AvgIpc) is 3.30. The van der Waals surface area contributed by atoms with E-state index in [0.717, 1.165) is 18.7 Å². The average molecular weight is 379 g/mol. The molecule has 3 heterocycles. The molecule has 0 aliphatic carbocycles.